The number of aryl methyl sites for hydroxylation is 1. The normalized spacial score (nSPS) is 10.3. The van der Waals surface area contributed by atoms with Crippen molar-refractivity contribution in [3.8, 4) is 5.75 Å². The van der Waals surface area contributed by atoms with E-state index in [1.807, 2.05) is 37.3 Å². The number of carbonyl (C=O) groups is 1. The highest BCUT2D eigenvalue weighted by Gasteiger charge is 2.11. The summed E-state index contributed by atoms with van der Waals surface area (Å²) in [7, 11) is 1.79. The molecule has 1 N–H and O–H groups in total. The maximum atomic E-state index is 12.0. The Kier molecular flexibility index (Phi) is 4.76. The Morgan fingerprint density at radius 2 is 2.10 bits per heavy atom. The minimum Gasteiger partial charge on any atom is -0.493 e. The smallest absolute Gasteiger partial charge is 0.226 e. The predicted molar refractivity (Wildman–Crippen MR) is 76.4 cm³/mol. The number of carbonyl (C=O) groups excluding carboxylic acids is 1. The highest BCUT2D eigenvalue weighted by atomic mass is 16.5. The standard InChI is InChI=1S/C15H19N3O2/c1-12-13(10-16-17-12)11-18(2)15(19)8-9-20-14-6-4-3-5-7-14/h3-7,10H,8-9,11H2,1-2H3,(H,16,17). The van der Waals surface area contributed by atoms with Crippen LogP contribution in [0.5, 0.6) is 5.75 Å². The Morgan fingerprint density at radius 3 is 2.75 bits per heavy atom. The van der Waals surface area contributed by atoms with Crippen molar-refractivity contribution >= 4 is 5.91 Å². The van der Waals surface area contributed by atoms with Gasteiger partial charge >= 0.3 is 0 Å². The van der Waals surface area contributed by atoms with E-state index >= 15 is 0 Å². The molecule has 1 amide bonds. The summed E-state index contributed by atoms with van der Waals surface area (Å²) in [6, 6.07) is 9.50. The number of aromatic nitrogens is 2. The molecule has 0 saturated carbocycles. The second-order valence-corrected chi connectivity index (χ2v) is 4.68. The lowest BCUT2D eigenvalue weighted by Crippen LogP contribution is -2.27. The minimum atomic E-state index is 0.0570. The Balaban J connectivity index is 1.76. The molecule has 0 spiro atoms. The first-order valence-corrected chi connectivity index (χ1v) is 6.57. The average Bonchev–Trinajstić information content (AvgIpc) is 2.85. The average molecular weight is 273 g/mol. The van der Waals surface area contributed by atoms with Crippen LogP contribution < -0.4 is 4.74 Å². The van der Waals surface area contributed by atoms with Crippen molar-refractivity contribution in [2.24, 2.45) is 0 Å². The number of hydrogen-bond donors (Lipinski definition) is 1. The summed E-state index contributed by atoms with van der Waals surface area (Å²) in [5.74, 6) is 0.843. The number of aromatic amines is 1. The number of hydrogen-bond acceptors (Lipinski definition) is 3. The second-order valence-electron chi connectivity index (χ2n) is 4.68. The summed E-state index contributed by atoms with van der Waals surface area (Å²) < 4.78 is 5.52. The Labute approximate surface area is 118 Å². The van der Waals surface area contributed by atoms with Crippen LogP contribution in [0.1, 0.15) is 17.7 Å². The van der Waals surface area contributed by atoms with Crippen molar-refractivity contribution in [3.05, 3.63) is 47.8 Å². The summed E-state index contributed by atoms with van der Waals surface area (Å²) in [4.78, 5) is 13.7. The predicted octanol–water partition coefficient (Wildman–Crippen LogP) is 2.15. The topological polar surface area (TPSA) is 58.2 Å². The SMILES string of the molecule is Cc1[nH]ncc1CN(C)C(=O)CCOc1ccccc1. The molecule has 5 heteroatoms. The summed E-state index contributed by atoms with van der Waals surface area (Å²) in [6.45, 7) is 2.89. The van der Waals surface area contributed by atoms with Crippen LogP contribution in [0.2, 0.25) is 0 Å². The Morgan fingerprint density at radius 1 is 1.35 bits per heavy atom. The first-order valence-electron chi connectivity index (χ1n) is 6.57. The first-order chi connectivity index (χ1) is 9.66. The van der Waals surface area contributed by atoms with Crippen LogP contribution in [0, 0.1) is 6.92 Å². The highest BCUT2D eigenvalue weighted by Crippen LogP contribution is 2.10. The molecule has 1 aromatic carbocycles. The zero-order valence-corrected chi connectivity index (χ0v) is 11.8. The third kappa shape index (κ3) is 3.85. The molecule has 2 rings (SSSR count). The number of para-hydroxylation sites is 1. The second kappa shape index (κ2) is 6.75. The maximum Gasteiger partial charge on any atom is 0.226 e. The van der Waals surface area contributed by atoms with Crippen LogP contribution in [-0.4, -0.2) is 34.7 Å². The van der Waals surface area contributed by atoms with E-state index in [9.17, 15) is 4.79 Å². The van der Waals surface area contributed by atoms with Crippen LogP contribution >= 0.6 is 0 Å². The Bertz CT molecular complexity index is 551. The molecule has 1 aromatic heterocycles. The quantitative estimate of drug-likeness (QED) is 0.877. The van der Waals surface area contributed by atoms with Crippen LogP contribution in [0.15, 0.2) is 36.5 Å². The number of H-pyrrole nitrogens is 1. The summed E-state index contributed by atoms with van der Waals surface area (Å²) in [5.41, 5.74) is 2.02. The molecule has 0 fully saturated rings. The van der Waals surface area contributed by atoms with Crippen LogP contribution in [0.25, 0.3) is 0 Å². The lowest BCUT2D eigenvalue weighted by atomic mass is 10.2. The number of nitrogens with one attached hydrogen (secondary N) is 1. The monoisotopic (exact) mass is 273 g/mol. The number of amides is 1. The largest absolute Gasteiger partial charge is 0.493 e. The molecule has 5 nitrogen and oxygen atoms in total. The molecule has 0 unspecified atom stereocenters. The molecule has 2 aromatic rings. The first kappa shape index (κ1) is 14.1. The van der Waals surface area contributed by atoms with Gasteiger partial charge in [0.15, 0.2) is 0 Å². The van der Waals surface area contributed by atoms with E-state index in [0.717, 1.165) is 17.0 Å². The van der Waals surface area contributed by atoms with Crippen LogP contribution in [-0.2, 0) is 11.3 Å². The number of benzene rings is 1. The van der Waals surface area contributed by atoms with E-state index in [0.29, 0.717) is 19.6 Å². The molecule has 0 radical (unpaired) electrons. The summed E-state index contributed by atoms with van der Waals surface area (Å²) in [5, 5.41) is 6.81. The molecule has 0 aliphatic carbocycles. The molecular weight excluding hydrogens is 254 g/mol. The molecule has 0 bridgehead atoms. The fourth-order valence-electron chi connectivity index (χ4n) is 1.84. The van der Waals surface area contributed by atoms with Crippen LogP contribution in [0.4, 0.5) is 0 Å². The third-order valence-corrected chi connectivity index (χ3v) is 3.10. The van der Waals surface area contributed by atoms with E-state index in [1.165, 1.54) is 0 Å². The summed E-state index contributed by atoms with van der Waals surface area (Å²) in [6.07, 6.45) is 2.11. The van der Waals surface area contributed by atoms with Gasteiger partial charge in [-0.05, 0) is 19.1 Å². The van der Waals surface area contributed by atoms with Gasteiger partial charge in [-0.3, -0.25) is 9.89 Å². The van der Waals surface area contributed by atoms with Gasteiger partial charge in [-0.2, -0.15) is 5.10 Å². The zero-order chi connectivity index (χ0) is 14.4. The molecule has 0 aliphatic rings. The van der Waals surface area contributed by atoms with Crippen molar-refractivity contribution in [3.63, 3.8) is 0 Å². The molecule has 1 heterocycles. The molecule has 20 heavy (non-hydrogen) atoms. The molecule has 0 atom stereocenters. The van der Waals surface area contributed by atoms with Gasteiger partial charge < -0.3 is 9.64 Å². The van der Waals surface area contributed by atoms with E-state index in [-0.39, 0.29) is 5.91 Å². The fraction of sp³-hybridized carbons (Fsp3) is 0.333. The van der Waals surface area contributed by atoms with Crippen molar-refractivity contribution in [2.75, 3.05) is 13.7 Å². The van der Waals surface area contributed by atoms with Gasteiger partial charge in [0.2, 0.25) is 5.91 Å². The van der Waals surface area contributed by atoms with Gasteiger partial charge in [-0.1, -0.05) is 18.2 Å². The summed E-state index contributed by atoms with van der Waals surface area (Å²) >= 11 is 0. The van der Waals surface area contributed by atoms with Gasteiger partial charge in [0.1, 0.15) is 5.75 Å². The van der Waals surface area contributed by atoms with Crippen molar-refractivity contribution in [1.29, 1.82) is 0 Å². The zero-order valence-electron chi connectivity index (χ0n) is 11.8. The van der Waals surface area contributed by atoms with E-state index in [1.54, 1.807) is 18.1 Å². The lowest BCUT2D eigenvalue weighted by Gasteiger charge is -2.17. The molecular formula is C15H19N3O2. The van der Waals surface area contributed by atoms with Gasteiger partial charge in [0.25, 0.3) is 0 Å². The molecule has 0 saturated heterocycles. The Hall–Kier alpha value is -2.30. The number of rotatable bonds is 6. The van der Waals surface area contributed by atoms with E-state index < -0.39 is 0 Å². The van der Waals surface area contributed by atoms with E-state index in [2.05, 4.69) is 10.2 Å². The van der Waals surface area contributed by atoms with Crippen molar-refractivity contribution in [1.82, 2.24) is 15.1 Å². The van der Waals surface area contributed by atoms with Gasteiger partial charge in [-0.15, -0.1) is 0 Å². The minimum absolute atomic E-state index is 0.0570. The fourth-order valence-corrected chi connectivity index (χ4v) is 1.84. The van der Waals surface area contributed by atoms with Crippen molar-refractivity contribution < 1.29 is 9.53 Å². The molecule has 0 aliphatic heterocycles. The van der Waals surface area contributed by atoms with Crippen LogP contribution in [0.3, 0.4) is 0 Å². The lowest BCUT2D eigenvalue weighted by molar-refractivity contribution is -0.130. The number of ether oxygens (including phenoxy) is 1. The van der Waals surface area contributed by atoms with Gasteiger partial charge in [-0.25, -0.2) is 0 Å². The van der Waals surface area contributed by atoms with Crippen molar-refractivity contribution in [2.45, 2.75) is 19.9 Å². The van der Waals surface area contributed by atoms with E-state index in [4.69, 9.17) is 4.74 Å². The van der Waals surface area contributed by atoms with Gasteiger partial charge in [0.05, 0.1) is 19.2 Å². The highest BCUT2D eigenvalue weighted by molar-refractivity contribution is 5.76. The number of nitrogens with zero attached hydrogens (tertiary/aromatic N) is 2. The maximum absolute atomic E-state index is 12.0. The van der Waals surface area contributed by atoms with Gasteiger partial charge in [0, 0.05) is 24.8 Å². The third-order valence-electron chi connectivity index (χ3n) is 3.10. The molecule has 106 valence electrons.